The van der Waals surface area contributed by atoms with Crippen LogP contribution in [0.2, 0.25) is 0 Å². The van der Waals surface area contributed by atoms with Gasteiger partial charge in [0.15, 0.2) is 11.9 Å². The number of ketones is 1. The molecule has 0 spiro atoms. The summed E-state index contributed by atoms with van der Waals surface area (Å²) in [7, 11) is 0. The number of Topliss-reactive ketones (excluding diaryl/α,β-unsaturated/α-hetero) is 1. The molecule has 0 unspecified atom stereocenters. The predicted octanol–water partition coefficient (Wildman–Crippen LogP) is -1.27. The van der Waals surface area contributed by atoms with E-state index < -0.39 is 29.8 Å². The maximum absolute atomic E-state index is 11.8. The van der Waals surface area contributed by atoms with Crippen LogP contribution in [0, 0.1) is 0 Å². The monoisotopic (exact) mass is 307 g/mol. The average molecular weight is 307 g/mol. The van der Waals surface area contributed by atoms with Crippen LogP contribution in [0.3, 0.4) is 0 Å². The summed E-state index contributed by atoms with van der Waals surface area (Å²) < 4.78 is 0. The fourth-order valence-electron chi connectivity index (χ4n) is 1.49. The first-order chi connectivity index (χ1) is 10.5. The van der Waals surface area contributed by atoms with Gasteiger partial charge in [-0.3, -0.25) is 9.59 Å². The molecule has 1 rings (SSSR count). The zero-order valence-corrected chi connectivity index (χ0v) is 11.3. The second-order valence-electron chi connectivity index (χ2n) is 4.16. The predicted molar refractivity (Wildman–Crippen MR) is 70.5 cm³/mol. The van der Waals surface area contributed by atoms with Gasteiger partial charge in [0.25, 0.3) is 5.91 Å². The van der Waals surface area contributed by atoms with Crippen molar-refractivity contribution in [2.45, 2.75) is 25.0 Å². The smallest absolute Gasteiger partial charge is 0.326 e. The van der Waals surface area contributed by atoms with E-state index >= 15 is 0 Å². The van der Waals surface area contributed by atoms with Crippen molar-refractivity contribution in [3.8, 4) is 0 Å². The number of carbonyl (C=O) groups excluding carboxylic acids is 2. The summed E-state index contributed by atoms with van der Waals surface area (Å²) >= 11 is 0. The summed E-state index contributed by atoms with van der Waals surface area (Å²) in [6.07, 6.45) is 1.07. The molecule has 0 saturated heterocycles. The summed E-state index contributed by atoms with van der Waals surface area (Å²) in [6.45, 7) is 0. The van der Waals surface area contributed by atoms with Gasteiger partial charge in [-0.1, -0.05) is 0 Å². The Kier molecular flexibility index (Phi) is 6.48. The van der Waals surface area contributed by atoms with Crippen molar-refractivity contribution in [3.05, 3.63) is 29.8 Å². The molecule has 0 aliphatic rings. The standard InChI is InChI=1S/C12H13N5O5/c13-16-6-7(18)2-3-8(12(21)22)17-11(20)9(19)10-14-4-1-5-15-10/h1,4-6,8-9,19H,2-3H2,(H,17,20)(H,21,22)/t8-,9-/m0/s1. The van der Waals surface area contributed by atoms with Crippen molar-refractivity contribution in [2.24, 2.45) is 0 Å². The third-order valence-electron chi connectivity index (χ3n) is 2.57. The summed E-state index contributed by atoms with van der Waals surface area (Å²) in [5, 5.41) is 20.8. The topological polar surface area (TPSA) is 166 Å². The van der Waals surface area contributed by atoms with Crippen LogP contribution in [0.15, 0.2) is 18.5 Å². The van der Waals surface area contributed by atoms with Gasteiger partial charge in [0.1, 0.15) is 6.04 Å². The molecule has 0 fully saturated rings. The van der Waals surface area contributed by atoms with E-state index in [4.69, 9.17) is 10.6 Å². The molecule has 1 amide bonds. The molecule has 0 saturated carbocycles. The number of aliphatic hydroxyl groups is 1. The van der Waals surface area contributed by atoms with E-state index in [1.807, 2.05) is 0 Å². The van der Waals surface area contributed by atoms with Crippen molar-refractivity contribution >= 4 is 23.9 Å². The zero-order valence-electron chi connectivity index (χ0n) is 11.3. The molecule has 1 aromatic rings. The number of rotatable bonds is 8. The van der Waals surface area contributed by atoms with Crippen LogP contribution in [0.5, 0.6) is 0 Å². The molecule has 3 N–H and O–H groups in total. The lowest BCUT2D eigenvalue weighted by atomic mass is 10.1. The quantitative estimate of drug-likeness (QED) is 0.306. The van der Waals surface area contributed by atoms with Crippen LogP contribution < -0.4 is 5.32 Å². The second kappa shape index (κ2) is 8.35. The molecule has 10 heteroatoms. The van der Waals surface area contributed by atoms with Gasteiger partial charge in [-0.05, 0) is 12.5 Å². The minimum absolute atomic E-state index is 0.173. The minimum atomic E-state index is -1.72. The molecule has 22 heavy (non-hydrogen) atoms. The largest absolute Gasteiger partial charge is 0.480 e. The Hall–Kier alpha value is -2.97. The van der Waals surface area contributed by atoms with Crippen LogP contribution in [-0.4, -0.2) is 54.9 Å². The van der Waals surface area contributed by atoms with Crippen molar-refractivity contribution in [1.29, 1.82) is 0 Å². The lowest BCUT2D eigenvalue weighted by molar-refractivity contribution is -0.143. The van der Waals surface area contributed by atoms with Crippen LogP contribution in [0.1, 0.15) is 24.8 Å². The van der Waals surface area contributed by atoms with Gasteiger partial charge >= 0.3 is 12.2 Å². The van der Waals surface area contributed by atoms with Crippen molar-refractivity contribution < 1.29 is 29.4 Å². The third kappa shape index (κ3) is 5.19. The van der Waals surface area contributed by atoms with E-state index in [9.17, 15) is 19.5 Å². The normalized spacial score (nSPS) is 12.6. The van der Waals surface area contributed by atoms with E-state index in [0.29, 0.717) is 6.21 Å². The van der Waals surface area contributed by atoms with Gasteiger partial charge in [0, 0.05) is 18.8 Å². The van der Waals surface area contributed by atoms with Gasteiger partial charge in [0.2, 0.25) is 5.78 Å². The molecular weight excluding hydrogens is 294 g/mol. The number of amides is 1. The highest BCUT2D eigenvalue weighted by atomic mass is 16.4. The Balaban J connectivity index is 2.66. The Labute approximate surface area is 124 Å². The highest BCUT2D eigenvalue weighted by Crippen LogP contribution is 2.07. The SMILES string of the molecule is [N-]=[N+]=CC(=O)CC[C@H](NC(=O)[C@@H](O)c1ncccn1)C(=O)O. The first-order valence-corrected chi connectivity index (χ1v) is 6.14. The number of aliphatic hydroxyl groups excluding tert-OH is 1. The maximum atomic E-state index is 11.8. The summed E-state index contributed by atoms with van der Waals surface area (Å²) in [6, 6.07) is 0.101. The molecule has 2 atom stereocenters. The van der Waals surface area contributed by atoms with Crippen LogP contribution in [-0.2, 0) is 14.4 Å². The number of aromatic nitrogens is 2. The first-order valence-electron chi connectivity index (χ1n) is 6.14. The minimum Gasteiger partial charge on any atom is -0.480 e. The molecule has 116 valence electrons. The van der Waals surface area contributed by atoms with Crippen LogP contribution in [0.25, 0.3) is 5.53 Å². The number of hydrogen-bond acceptors (Lipinski definition) is 6. The third-order valence-corrected chi connectivity index (χ3v) is 2.57. The van der Waals surface area contributed by atoms with Gasteiger partial charge in [-0.2, -0.15) is 4.79 Å². The summed E-state index contributed by atoms with van der Waals surface area (Å²) in [4.78, 5) is 43.8. The number of nitrogens with one attached hydrogen (secondary N) is 1. The molecule has 0 radical (unpaired) electrons. The summed E-state index contributed by atoms with van der Waals surface area (Å²) in [5.41, 5.74) is 8.17. The van der Waals surface area contributed by atoms with Gasteiger partial charge in [-0.25, -0.2) is 14.8 Å². The molecule has 0 aliphatic carbocycles. The number of aliphatic carboxylic acids is 1. The second-order valence-corrected chi connectivity index (χ2v) is 4.16. The molecule has 1 heterocycles. The average Bonchev–Trinajstić information content (AvgIpc) is 2.51. The lowest BCUT2D eigenvalue weighted by Gasteiger charge is -2.15. The van der Waals surface area contributed by atoms with Gasteiger partial charge in [-0.15, -0.1) is 0 Å². The van der Waals surface area contributed by atoms with E-state index in [2.05, 4.69) is 20.1 Å². The van der Waals surface area contributed by atoms with Crippen molar-refractivity contribution in [1.82, 2.24) is 15.3 Å². The maximum Gasteiger partial charge on any atom is 0.326 e. The van der Waals surface area contributed by atoms with Crippen LogP contribution in [0.4, 0.5) is 0 Å². The number of carbonyl (C=O) groups is 3. The molecular formula is C12H13N5O5. The fraction of sp³-hybridized carbons (Fsp3) is 0.333. The Morgan fingerprint density at radius 1 is 1.36 bits per heavy atom. The Bertz CT molecular complexity index is 599. The molecule has 0 aromatic carbocycles. The van der Waals surface area contributed by atoms with Crippen LogP contribution >= 0.6 is 0 Å². The van der Waals surface area contributed by atoms with E-state index in [0.717, 1.165) is 0 Å². The van der Waals surface area contributed by atoms with Gasteiger partial charge in [0.05, 0.1) is 0 Å². The molecule has 0 aliphatic heterocycles. The number of carboxylic acids is 1. The highest BCUT2D eigenvalue weighted by molar-refractivity contribution is 6.25. The fourth-order valence-corrected chi connectivity index (χ4v) is 1.49. The number of hydrogen-bond donors (Lipinski definition) is 3. The number of carboxylic acid groups (broad SMARTS) is 1. The van der Waals surface area contributed by atoms with E-state index in [-0.39, 0.29) is 18.7 Å². The van der Waals surface area contributed by atoms with Gasteiger partial charge < -0.3 is 21.1 Å². The van der Waals surface area contributed by atoms with E-state index in [1.54, 1.807) is 0 Å². The summed E-state index contributed by atoms with van der Waals surface area (Å²) in [5.74, 6) is -3.15. The Morgan fingerprint density at radius 2 is 2.00 bits per heavy atom. The first kappa shape index (κ1) is 17.1. The van der Waals surface area contributed by atoms with Crippen molar-refractivity contribution in [2.75, 3.05) is 0 Å². The van der Waals surface area contributed by atoms with Crippen molar-refractivity contribution in [3.63, 3.8) is 0 Å². The number of nitrogens with zero attached hydrogens (tertiary/aromatic N) is 4. The molecule has 0 bridgehead atoms. The van der Waals surface area contributed by atoms with E-state index in [1.165, 1.54) is 18.5 Å². The highest BCUT2D eigenvalue weighted by Gasteiger charge is 2.26. The Morgan fingerprint density at radius 3 is 2.55 bits per heavy atom. The zero-order chi connectivity index (χ0) is 16.5. The molecule has 1 aromatic heterocycles. The molecule has 10 nitrogen and oxygen atoms in total. The lowest BCUT2D eigenvalue weighted by Crippen LogP contribution is -2.43.